The minimum atomic E-state index is -0.846. The summed E-state index contributed by atoms with van der Waals surface area (Å²) < 4.78 is 0. The topological polar surface area (TPSA) is 107 Å². The second-order valence-corrected chi connectivity index (χ2v) is 4.31. The standard InChI is InChI=1S/C14H18N4O4/c1-3-22-17-13(7-6-11(2)18(20)21)10-16-14(19)12-5-4-8-15-9-12/h4-9,11H,3,10H2,1-2H3,(H,16,19)/b7-6-,17-13?/t11-/m0/s1. The van der Waals surface area contributed by atoms with Gasteiger partial charge >= 0.3 is 0 Å². The van der Waals surface area contributed by atoms with Gasteiger partial charge in [-0.1, -0.05) is 5.16 Å². The van der Waals surface area contributed by atoms with Gasteiger partial charge in [-0.2, -0.15) is 0 Å². The predicted molar refractivity (Wildman–Crippen MR) is 81.2 cm³/mol. The van der Waals surface area contributed by atoms with Crippen molar-refractivity contribution in [1.29, 1.82) is 0 Å². The fraction of sp³-hybridized carbons (Fsp3) is 0.357. The first kappa shape index (κ1) is 17.3. The largest absolute Gasteiger partial charge is 0.396 e. The molecule has 0 aliphatic heterocycles. The van der Waals surface area contributed by atoms with E-state index < -0.39 is 11.0 Å². The van der Waals surface area contributed by atoms with Crippen molar-refractivity contribution in [3.05, 3.63) is 52.4 Å². The van der Waals surface area contributed by atoms with E-state index in [1.54, 1.807) is 25.3 Å². The number of aromatic nitrogens is 1. The van der Waals surface area contributed by atoms with Gasteiger partial charge in [0.2, 0.25) is 6.04 Å². The Balaban J connectivity index is 2.66. The van der Waals surface area contributed by atoms with Crippen molar-refractivity contribution in [2.45, 2.75) is 19.9 Å². The quantitative estimate of drug-likeness (QED) is 0.444. The third-order valence-corrected chi connectivity index (χ3v) is 2.56. The molecule has 1 amide bonds. The number of nitro groups is 1. The molecule has 0 aliphatic rings. The van der Waals surface area contributed by atoms with Gasteiger partial charge in [0, 0.05) is 24.2 Å². The summed E-state index contributed by atoms with van der Waals surface area (Å²) in [5.74, 6) is -0.312. The van der Waals surface area contributed by atoms with Crippen LogP contribution < -0.4 is 5.32 Å². The van der Waals surface area contributed by atoms with Crippen molar-refractivity contribution < 1.29 is 14.6 Å². The molecule has 1 atom stereocenters. The average Bonchev–Trinajstić information content (AvgIpc) is 2.54. The molecule has 8 nitrogen and oxygen atoms in total. The van der Waals surface area contributed by atoms with Crippen LogP contribution in [0.25, 0.3) is 0 Å². The van der Waals surface area contributed by atoms with Crippen molar-refractivity contribution in [2.75, 3.05) is 13.2 Å². The predicted octanol–water partition coefficient (Wildman–Crippen LogP) is 1.43. The maximum Gasteiger partial charge on any atom is 0.253 e. The summed E-state index contributed by atoms with van der Waals surface area (Å²) >= 11 is 0. The van der Waals surface area contributed by atoms with Crippen LogP contribution in [0.15, 0.2) is 41.8 Å². The molecule has 0 bridgehead atoms. The Hall–Kier alpha value is -2.77. The van der Waals surface area contributed by atoms with E-state index in [9.17, 15) is 14.9 Å². The Morgan fingerprint density at radius 1 is 1.64 bits per heavy atom. The summed E-state index contributed by atoms with van der Waals surface area (Å²) in [6, 6.07) is 2.44. The highest BCUT2D eigenvalue weighted by Gasteiger charge is 2.09. The molecular weight excluding hydrogens is 288 g/mol. The molecule has 0 spiro atoms. The molecule has 1 aromatic rings. The van der Waals surface area contributed by atoms with Crippen LogP contribution in [0.5, 0.6) is 0 Å². The summed E-state index contributed by atoms with van der Waals surface area (Å²) in [5, 5.41) is 17.0. The SMILES string of the molecule is CCON=C(/C=C\[C@H](C)[N+](=O)[O-])CNC(=O)c1cccnc1. The van der Waals surface area contributed by atoms with E-state index in [1.165, 1.54) is 25.3 Å². The van der Waals surface area contributed by atoms with E-state index in [0.717, 1.165) is 0 Å². The molecule has 1 N–H and O–H groups in total. The normalized spacial score (nSPS) is 12.9. The Kier molecular flexibility index (Phi) is 7.24. The first-order valence-electron chi connectivity index (χ1n) is 6.73. The van der Waals surface area contributed by atoms with Gasteiger partial charge < -0.3 is 10.2 Å². The molecule has 8 heteroatoms. The molecular formula is C14H18N4O4. The molecule has 1 aromatic heterocycles. The van der Waals surface area contributed by atoms with Gasteiger partial charge in [0.05, 0.1) is 17.8 Å². The zero-order valence-electron chi connectivity index (χ0n) is 12.4. The maximum atomic E-state index is 11.9. The van der Waals surface area contributed by atoms with Crippen molar-refractivity contribution in [3.63, 3.8) is 0 Å². The Morgan fingerprint density at radius 3 is 3.00 bits per heavy atom. The maximum absolute atomic E-state index is 11.9. The van der Waals surface area contributed by atoms with Crippen molar-refractivity contribution in [3.8, 4) is 0 Å². The first-order valence-corrected chi connectivity index (χ1v) is 6.73. The summed E-state index contributed by atoms with van der Waals surface area (Å²) in [4.78, 5) is 30.8. The fourth-order valence-corrected chi connectivity index (χ4v) is 1.36. The second kappa shape index (κ2) is 9.22. The molecule has 1 rings (SSSR count). The number of rotatable bonds is 8. The molecule has 118 valence electrons. The number of carbonyl (C=O) groups excluding carboxylic acids is 1. The zero-order valence-corrected chi connectivity index (χ0v) is 12.4. The van der Waals surface area contributed by atoms with Gasteiger partial charge in [-0.15, -0.1) is 0 Å². The number of nitrogens with zero attached hydrogens (tertiary/aromatic N) is 3. The molecule has 0 aromatic carbocycles. The second-order valence-electron chi connectivity index (χ2n) is 4.31. The number of amides is 1. The highest BCUT2D eigenvalue weighted by Crippen LogP contribution is 1.96. The van der Waals surface area contributed by atoms with Gasteiger partial charge in [-0.25, -0.2) is 0 Å². The summed E-state index contributed by atoms with van der Waals surface area (Å²) in [7, 11) is 0. The van der Waals surface area contributed by atoms with Crippen molar-refractivity contribution >= 4 is 11.6 Å². The van der Waals surface area contributed by atoms with Gasteiger partial charge in [0.25, 0.3) is 5.91 Å². The lowest BCUT2D eigenvalue weighted by molar-refractivity contribution is -0.504. The lowest BCUT2D eigenvalue weighted by Crippen LogP contribution is -2.29. The van der Waals surface area contributed by atoms with E-state index in [2.05, 4.69) is 15.5 Å². The number of nitrogens with one attached hydrogen (secondary N) is 1. The van der Waals surface area contributed by atoms with Crippen LogP contribution >= 0.6 is 0 Å². The summed E-state index contributed by atoms with van der Waals surface area (Å²) in [6.45, 7) is 3.66. The summed E-state index contributed by atoms with van der Waals surface area (Å²) in [5.41, 5.74) is 0.800. The minimum Gasteiger partial charge on any atom is -0.396 e. The van der Waals surface area contributed by atoms with Gasteiger partial charge in [-0.3, -0.25) is 19.9 Å². The van der Waals surface area contributed by atoms with Crippen molar-refractivity contribution in [2.24, 2.45) is 5.16 Å². The Morgan fingerprint density at radius 2 is 2.41 bits per heavy atom. The van der Waals surface area contributed by atoms with Crippen LogP contribution in [0.3, 0.4) is 0 Å². The fourth-order valence-electron chi connectivity index (χ4n) is 1.36. The summed E-state index contributed by atoms with van der Waals surface area (Å²) in [6.07, 6.45) is 5.86. The van der Waals surface area contributed by atoms with Crippen LogP contribution in [0.2, 0.25) is 0 Å². The molecule has 0 aliphatic carbocycles. The van der Waals surface area contributed by atoms with E-state index in [1.807, 2.05) is 0 Å². The highest BCUT2D eigenvalue weighted by atomic mass is 16.6. The Labute approximate surface area is 128 Å². The van der Waals surface area contributed by atoms with Crippen LogP contribution in [0.4, 0.5) is 0 Å². The molecule has 0 unspecified atom stereocenters. The number of oxime groups is 1. The smallest absolute Gasteiger partial charge is 0.253 e. The number of hydrogen-bond donors (Lipinski definition) is 1. The lowest BCUT2D eigenvalue weighted by atomic mass is 10.2. The number of carbonyl (C=O) groups is 1. The molecule has 0 fully saturated rings. The van der Waals surface area contributed by atoms with Crippen LogP contribution in [0, 0.1) is 10.1 Å². The monoisotopic (exact) mass is 306 g/mol. The van der Waals surface area contributed by atoms with E-state index in [4.69, 9.17) is 4.84 Å². The average molecular weight is 306 g/mol. The van der Waals surface area contributed by atoms with E-state index in [-0.39, 0.29) is 12.5 Å². The Bertz CT molecular complexity index is 557. The molecule has 22 heavy (non-hydrogen) atoms. The van der Waals surface area contributed by atoms with Crippen LogP contribution in [-0.4, -0.2) is 40.7 Å². The highest BCUT2D eigenvalue weighted by molar-refractivity contribution is 6.01. The van der Waals surface area contributed by atoms with Crippen LogP contribution in [0.1, 0.15) is 24.2 Å². The number of pyridine rings is 1. The third-order valence-electron chi connectivity index (χ3n) is 2.56. The third kappa shape index (κ3) is 6.12. The number of hydrogen-bond acceptors (Lipinski definition) is 6. The minimum absolute atomic E-state index is 0.0919. The van der Waals surface area contributed by atoms with Gasteiger partial charge in [0.15, 0.2) is 0 Å². The van der Waals surface area contributed by atoms with E-state index in [0.29, 0.717) is 17.9 Å². The molecule has 0 saturated heterocycles. The molecule has 0 radical (unpaired) electrons. The van der Waals surface area contributed by atoms with Crippen LogP contribution in [-0.2, 0) is 4.84 Å². The first-order chi connectivity index (χ1) is 10.5. The molecule has 0 saturated carbocycles. The van der Waals surface area contributed by atoms with Gasteiger partial charge in [0.1, 0.15) is 6.61 Å². The van der Waals surface area contributed by atoms with Crippen molar-refractivity contribution in [1.82, 2.24) is 10.3 Å². The zero-order chi connectivity index (χ0) is 16.4. The lowest BCUT2D eigenvalue weighted by Gasteiger charge is -2.05. The molecule has 1 heterocycles. The van der Waals surface area contributed by atoms with Gasteiger partial charge in [-0.05, 0) is 31.2 Å². The van der Waals surface area contributed by atoms with E-state index >= 15 is 0 Å².